The Morgan fingerprint density at radius 1 is 1.38 bits per heavy atom. The first kappa shape index (κ1) is 14.3. The molecule has 1 N–H and O–H groups in total. The summed E-state index contributed by atoms with van der Waals surface area (Å²) in [7, 11) is -1.00. The van der Waals surface area contributed by atoms with E-state index in [1.54, 1.807) is 0 Å². The second-order valence-corrected chi connectivity index (χ2v) is 7.80. The number of fused-ring (bicyclic) bond motifs is 1. The molecule has 0 amide bonds. The molecular formula is C15H18N2O3S. The Morgan fingerprint density at radius 3 is 2.86 bits per heavy atom. The normalized spacial score (nSPS) is 20.9. The molecule has 0 aliphatic carbocycles. The van der Waals surface area contributed by atoms with E-state index in [4.69, 9.17) is 0 Å². The van der Waals surface area contributed by atoms with Crippen LogP contribution in [0, 0.1) is 0 Å². The fourth-order valence-corrected chi connectivity index (χ4v) is 4.56. The maximum absolute atomic E-state index is 12.4. The number of hydrogen-bond donors (Lipinski definition) is 1. The van der Waals surface area contributed by atoms with Gasteiger partial charge in [-0.2, -0.15) is 0 Å². The van der Waals surface area contributed by atoms with Crippen molar-refractivity contribution in [3.05, 3.63) is 36.0 Å². The van der Waals surface area contributed by atoms with E-state index >= 15 is 0 Å². The molecule has 0 bridgehead atoms. The van der Waals surface area contributed by atoms with Crippen LogP contribution < -0.4 is 5.32 Å². The Hall–Kier alpha value is -1.66. The van der Waals surface area contributed by atoms with E-state index in [2.05, 4.69) is 5.32 Å². The number of nitrogens with zero attached hydrogens (tertiary/aromatic N) is 1. The Balaban J connectivity index is 1.73. The minimum Gasteiger partial charge on any atom is -0.350 e. The third-order valence-electron chi connectivity index (χ3n) is 3.98. The van der Waals surface area contributed by atoms with Crippen molar-refractivity contribution in [2.45, 2.75) is 12.5 Å². The van der Waals surface area contributed by atoms with Gasteiger partial charge < -0.3 is 9.88 Å². The molecule has 1 saturated heterocycles. The average molecular weight is 306 g/mol. The monoisotopic (exact) mass is 306 g/mol. The van der Waals surface area contributed by atoms with E-state index < -0.39 is 9.84 Å². The summed E-state index contributed by atoms with van der Waals surface area (Å²) in [6, 6.07) is 7.66. The standard InChI is InChI=1S/C15H18N2O3S/c1-17-9-13(12-4-2-3-5-14(12)17)15(18)8-16-11-6-7-21(19,20)10-11/h2-5,9,11,16H,6-8,10H2,1H3. The van der Waals surface area contributed by atoms with Gasteiger partial charge in [-0.1, -0.05) is 18.2 Å². The van der Waals surface area contributed by atoms with Crippen molar-refractivity contribution in [3.63, 3.8) is 0 Å². The van der Waals surface area contributed by atoms with Crippen LogP contribution >= 0.6 is 0 Å². The number of carbonyl (C=O) groups is 1. The summed E-state index contributed by atoms with van der Waals surface area (Å²) >= 11 is 0. The fourth-order valence-electron chi connectivity index (χ4n) is 2.85. The summed E-state index contributed by atoms with van der Waals surface area (Å²) in [6.45, 7) is 0.175. The molecule has 112 valence electrons. The first-order valence-corrected chi connectivity index (χ1v) is 8.79. The number of sulfone groups is 1. The minimum absolute atomic E-state index is 0.00361. The molecule has 1 aromatic heterocycles. The number of rotatable bonds is 4. The van der Waals surface area contributed by atoms with Crippen molar-refractivity contribution in [3.8, 4) is 0 Å². The van der Waals surface area contributed by atoms with Crippen LogP contribution in [0.3, 0.4) is 0 Å². The van der Waals surface area contributed by atoms with Gasteiger partial charge in [-0.3, -0.25) is 4.79 Å². The van der Waals surface area contributed by atoms with Crippen LogP contribution in [-0.2, 0) is 16.9 Å². The average Bonchev–Trinajstić information content (AvgIpc) is 2.97. The highest BCUT2D eigenvalue weighted by Gasteiger charge is 2.28. The first-order chi connectivity index (χ1) is 9.96. The Labute approximate surface area is 123 Å². The molecule has 1 aliphatic rings. The molecule has 1 unspecified atom stereocenters. The number of carbonyl (C=O) groups excluding carboxylic acids is 1. The Morgan fingerprint density at radius 2 is 2.14 bits per heavy atom. The Kier molecular flexibility index (Phi) is 3.59. The molecular weight excluding hydrogens is 288 g/mol. The molecule has 21 heavy (non-hydrogen) atoms. The molecule has 3 rings (SSSR count). The zero-order valence-electron chi connectivity index (χ0n) is 11.9. The van der Waals surface area contributed by atoms with E-state index in [9.17, 15) is 13.2 Å². The van der Waals surface area contributed by atoms with Crippen molar-refractivity contribution in [1.29, 1.82) is 0 Å². The van der Waals surface area contributed by atoms with Crippen LogP contribution in [0.5, 0.6) is 0 Å². The summed E-state index contributed by atoms with van der Waals surface area (Å²) < 4.78 is 24.7. The molecule has 1 fully saturated rings. The molecule has 5 nitrogen and oxygen atoms in total. The molecule has 1 atom stereocenters. The zero-order valence-corrected chi connectivity index (χ0v) is 12.7. The largest absolute Gasteiger partial charge is 0.350 e. The lowest BCUT2D eigenvalue weighted by molar-refractivity contribution is 0.0989. The van der Waals surface area contributed by atoms with Crippen LogP contribution in [0.25, 0.3) is 10.9 Å². The molecule has 0 saturated carbocycles. The van der Waals surface area contributed by atoms with Gasteiger partial charge >= 0.3 is 0 Å². The van der Waals surface area contributed by atoms with Crippen LogP contribution in [-0.4, -0.2) is 42.9 Å². The van der Waals surface area contributed by atoms with Crippen LogP contribution in [0.15, 0.2) is 30.5 Å². The summed E-state index contributed by atoms with van der Waals surface area (Å²) in [6.07, 6.45) is 2.42. The summed E-state index contributed by atoms with van der Waals surface area (Å²) in [5.41, 5.74) is 1.70. The van der Waals surface area contributed by atoms with Crippen molar-refractivity contribution in [2.24, 2.45) is 7.05 Å². The number of benzene rings is 1. The number of aromatic nitrogens is 1. The predicted octanol–water partition coefficient (Wildman–Crippen LogP) is 1.14. The lowest BCUT2D eigenvalue weighted by atomic mass is 10.1. The summed E-state index contributed by atoms with van der Waals surface area (Å²) in [5.74, 6) is 0.347. The molecule has 1 aliphatic heterocycles. The van der Waals surface area contributed by atoms with Gasteiger partial charge in [-0.05, 0) is 12.5 Å². The number of hydrogen-bond acceptors (Lipinski definition) is 4. The first-order valence-electron chi connectivity index (χ1n) is 6.97. The van der Waals surface area contributed by atoms with Gasteiger partial charge in [-0.15, -0.1) is 0 Å². The molecule has 0 radical (unpaired) electrons. The second kappa shape index (κ2) is 5.27. The van der Waals surface area contributed by atoms with Crippen molar-refractivity contribution >= 4 is 26.5 Å². The number of aryl methyl sites for hydroxylation is 1. The van der Waals surface area contributed by atoms with Gasteiger partial charge in [0.2, 0.25) is 0 Å². The lowest BCUT2D eigenvalue weighted by Gasteiger charge is -2.09. The summed E-state index contributed by atoms with van der Waals surface area (Å²) in [4.78, 5) is 12.4. The maximum atomic E-state index is 12.4. The number of nitrogens with one attached hydrogen (secondary N) is 1. The number of ketones is 1. The van der Waals surface area contributed by atoms with Gasteiger partial charge in [0.05, 0.1) is 18.1 Å². The molecule has 0 spiro atoms. The fraction of sp³-hybridized carbons (Fsp3) is 0.400. The highest BCUT2D eigenvalue weighted by Crippen LogP contribution is 2.20. The maximum Gasteiger partial charge on any atom is 0.178 e. The number of Topliss-reactive ketones (excluding diaryl/α,β-unsaturated/α-hetero) is 1. The van der Waals surface area contributed by atoms with Crippen LogP contribution in [0.1, 0.15) is 16.8 Å². The molecule has 2 aromatic rings. The number of para-hydroxylation sites is 1. The zero-order chi connectivity index (χ0) is 15.0. The molecule has 1 aromatic carbocycles. The SMILES string of the molecule is Cn1cc(C(=O)CNC2CCS(=O)(=O)C2)c2ccccc21. The van der Waals surface area contributed by atoms with E-state index in [1.165, 1.54) is 0 Å². The van der Waals surface area contributed by atoms with Gasteiger partial charge in [0, 0.05) is 35.8 Å². The van der Waals surface area contributed by atoms with E-state index in [0.29, 0.717) is 12.0 Å². The predicted molar refractivity (Wildman–Crippen MR) is 82.3 cm³/mol. The van der Waals surface area contributed by atoms with Crippen molar-refractivity contribution in [1.82, 2.24) is 9.88 Å². The molecule has 2 heterocycles. The van der Waals surface area contributed by atoms with Gasteiger partial charge in [0.15, 0.2) is 15.6 Å². The van der Waals surface area contributed by atoms with Gasteiger partial charge in [0.25, 0.3) is 0 Å². The van der Waals surface area contributed by atoms with Crippen LogP contribution in [0.2, 0.25) is 0 Å². The second-order valence-electron chi connectivity index (χ2n) is 5.57. The third kappa shape index (κ3) is 2.87. The topological polar surface area (TPSA) is 68.2 Å². The quantitative estimate of drug-likeness (QED) is 0.860. The summed E-state index contributed by atoms with van der Waals surface area (Å²) in [5, 5.41) is 4.01. The minimum atomic E-state index is -2.92. The van der Waals surface area contributed by atoms with Gasteiger partial charge in [-0.25, -0.2) is 8.42 Å². The van der Waals surface area contributed by atoms with Crippen molar-refractivity contribution in [2.75, 3.05) is 18.1 Å². The smallest absolute Gasteiger partial charge is 0.178 e. The van der Waals surface area contributed by atoms with Crippen molar-refractivity contribution < 1.29 is 13.2 Å². The molecule has 6 heteroatoms. The van der Waals surface area contributed by atoms with E-state index in [-0.39, 0.29) is 29.9 Å². The van der Waals surface area contributed by atoms with E-state index in [1.807, 2.05) is 42.1 Å². The van der Waals surface area contributed by atoms with E-state index in [0.717, 1.165) is 10.9 Å². The lowest BCUT2D eigenvalue weighted by Crippen LogP contribution is -2.34. The Bertz CT molecular complexity index is 792. The van der Waals surface area contributed by atoms with Gasteiger partial charge in [0.1, 0.15) is 0 Å². The third-order valence-corrected chi connectivity index (χ3v) is 5.75. The highest BCUT2D eigenvalue weighted by molar-refractivity contribution is 7.91. The van der Waals surface area contributed by atoms with Crippen LogP contribution in [0.4, 0.5) is 0 Å². The highest BCUT2D eigenvalue weighted by atomic mass is 32.2.